The number of hydrogen-bond donors (Lipinski definition) is 1. The largest absolute Gasteiger partial charge is 0.388 e. The first-order valence-corrected chi connectivity index (χ1v) is 7.05. The number of aromatic nitrogens is 1. The highest BCUT2D eigenvalue weighted by Crippen LogP contribution is 2.34. The SMILES string of the molecule is OC1CCCc2nc(Cc3ccc(F)cc3F)sc21. The highest BCUT2D eigenvalue weighted by molar-refractivity contribution is 7.11. The van der Waals surface area contributed by atoms with E-state index in [9.17, 15) is 13.9 Å². The Morgan fingerprint density at radius 1 is 1.37 bits per heavy atom. The Morgan fingerprint density at radius 2 is 2.21 bits per heavy atom. The molecule has 3 rings (SSSR count). The van der Waals surface area contributed by atoms with Gasteiger partial charge < -0.3 is 5.11 Å². The van der Waals surface area contributed by atoms with Gasteiger partial charge in [0.1, 0.15) is 11.6 Å². The van der Waals surface area contributed by atoms with Crippen LogP contribution in [0.5, 0.6) is 0 Å². The zero-order valence-corrected chi connectivity index (χ0v) is 11.0. The molecule has 1 aliphatic rings. The van der Waals surface area contributed by atoms with Gasteiger partial charge in [0, 0.05) is 12.5 Å². The number of nitrogens with zero attached hydrogens (tertiary/aromatic N) is 1. The topological polar surface area (TPSA) is 33.1 Å². The van der Waals surface area contributed by atoms with Crippen molar-refractivity contribution in [3.63, 3.8) is 0 Å². The lowest BCUT2D eigenvalue weighted by Gasteiger charge is -2.14. The quantitative estimate of drug-likeness (QED) is 0.915. The van der Waals surface area contributed by atoms with E-state index >= 15 is 0 Å². The van der Waals surface area contributed by atoms with Crippen molar-refractivity contribution in [3.8, 4) is 0 Å². The second-order valence-corrected chi connectivity index (χ2v) is 5.85. The van der Waals surface area contributed by atoms with Crippen molar-refractivity contribution in [1.82, 2.24) is 4.98 Å². The fraction of sp³-hybridized carbons (Fsp3) is 0.357. The van der Waals surface area contributed by atoms with Crippen LogP contribution in [0.25, 0.3) is 0 Å². The molecule has 0 aliphatic heterocycles. The molecule has 0 radical (unpaired) electrons. The van der Waals surface area contributed by atoms with E-state index in [0.29, 0.717) is 12.0 Å². The van der Waals surface area contributed by atoms with Crippen LogP contribution < -0.4 is 0 Å². The van der Waals surface area contributed by atoms with E-state index in [4.69, 9.17) is 0 Å². The van der Waals surface area contributed by atoms with Crippen LogP contribution >= 0.6 is 11.3 Å². The van der Waals surface area contributed by atoms with Gasteiger partial charge in [-0.15, -0.1) is 11.3 Å². The fourth-order valence-corrected chi connectivity index (χ4v) is 3.51. The third kappa shape index (κ3) is 2.53. The molecule has 0 saturated carbocycles. The minimum absolute atomic E-state index is 0.344. The zero-order chi connectivity index (χ0) is 13.4. The maximum atomic E-state index is 13.6. The van der Waals surface area contributed by atoms with Gasteiger partial charge >= 0.3 is 0 Å². The summed E-state index contributed by atoms with van der Waals surface area (Å²) >= 11 is 1.43. The van der Waals surface area contributed by atoms with E-state index in [0.717, 1.165) is 40.9 Å². The fourth-order valence-electron chi connectivity index (χ4n) is 2.35. The van der Waals surface area contributed by atoms with Crippen molar-refractivity contribution in [2.45, 2.75) is 31.8 Å². The van der Waals surface area contributed by atoms with Gasteiger partial charge in [-0.2, -0.15) is 0 Å². The monoisotopic (exact) mass is 281 g/mol. The first-order chi connectivity index (χ1) is 9.13. The maximum absolute atomic E-state index is 13.6. The predicted octanol–water partition coefficient (Wildman–Crippen LogP) is 3.38. The minimum Gasteiger partial charge on any atom is -0.388 e. The number of aliphatic hydroxyl groups is 1. The van der Waals surface area contributed by atoms with E-state index in [1.54, 1.807) is 0 Å². The second-order valence-electron chi connectivity index (χ2n) is 4.74. The van der Waals surface area contributed by atoms with E-state index in [1.165, 1.54) is 23.5 Å². The minimum atomic E-state index is -0.574. The smallest absolute Gasteiger partial charge is 0.129 e. The Bertz CT molecular complexity index is 611. The molecule has 5 heteroatoms. The molecule has 0 fully saturated rings. The highest BCUT2D eigenvalue weighted by Gasteiger charge is 2.22. The number of aryl methyl sites for hydroxylation is 1. The molecular formula is C14H13F2NOS. The van der Waals surface area contributed by atoms with Crippen LogP contribution in [0.15, 0.2) is 18.2 Å². The summed E-state index contributed by atoms with van der Waals surface area (Å²) < 4.78 is 26.4. The van der Waals surface area contributed by atoms with Crippen LogP contribution in [-0.4, -0.2) is 10.1 Å². The van der Waals surface area contributed by atoms with Gasteiger partial charge in [-0.25, -0.2) is 13.8 Å². The average Bonchev–Trinajstić information content (AvgIpc) is 2.77. The van der Waals surface area contributed by atoms with Crippen LogP contribution in [0.4, 0.5) is 8.78 Å². The van der Waals surface area contributed by atoms with Gasteiger partial charge in [-0.05, 0) is 30.9 Å². The Balaban J connectivity index is 1.87. The first kappa shape index (κ1) is 12.7. The molecule has 0 spiro atoms. The molecule has 1 aromatic carbocycles. The number of halogens is 2. The standard InChI is InChI=1S/C14H13F2NOS/c15-9-5-4-8(10(16)7-9)6-13-17-11-2-1-3-12(18)14(11)19-13/h4-5,7,12,18H,1-3,6H2. The molecule has 1 unspecified atom stereocenters. The molecular weight excluding hydrogens is 268 g/mol. The summed E-state index contributed by atoms with van der Waals surface area (Å²) in [6.07, 6.45) is 2.47. The third-order valence-corrected chi connectivity index (χ3v) is 4.52. The third-order valence-electron chi connectivity index (χ3n) is 3.32. The molecule has 1 atom stereocenters. The lowest BCUT2D eigenvalue weighted by atomic mass is 10.0. The molecule has 1 N–H and O–H groups in total. The summed E-state index contributed by atoms with van der Waals surface area (Å²) in [4.78, 5) is 5.36. The zero-order valence-electron chi connectivity index (χ0n) is 10.2. The van der Waals surface area contributed by atoms with E-state index in [1.807, 2.05) is 0 Å². The van der Waals surface area contributed by atoms with Crippen molar-refractivity contribution >= 4 is 11.3 Å². The van der Waals surface area contributed by atoms with E-state index < -0.39 is 17.7 Å². The molecule has 0 amide bonds. The van der Waals surface area contributed by atoms with Gasteiger partial charge in [0.05, 0.1) is 21.7 Å². The Labute approximate surface area is 113 Å². The molecule has 1 heterocycles. The molecule has 2 aromatic rings. The molecule has 1 aliphatic carbocycles. The number of aliphatic hydroxyl groups excluding tert-OH is 1. The number of fused-ring (bicyclic) bond motifs is 1. The summed E-state index contributed by atoms with van der Waals surface area (Å²) in [5, 5.41) is 10.7. The molecule has 0 bridgehead atoms. The van der Waals surface area contributed by atoms with Gasteiger partial charge in [0.2, 0.25) is 0 Å². The average molecular weight is 281 g/mol. The number of benzene rings is 1. The summed E-state index contributed by atoms with van der Waals surface area (Å²) in [5.74, 6) is -1.12. The van der Waals surface area contributed by atoms with Crippen LogP contribution in [0.2, 0.25) is 0 Å². The van der Waals surface area contributed by atoms with Gasteiger partial charge in [0.15, 0.2) is 0 Å². The lowest BCUT2D eigenvalue weighted by Crippen LogP contribution is -2.06. The predicted molar refractivity (Wildman–Crippen MR) is 69.2 cm³/mol. The van der Waals surface area contributed by atoms with Crippen molar-refractivity contribution < 1.29 is 13.9 Å². The number of hydrogen-bond acceptors (Lipinski definition) is 3. The second kappa shape index (κ2) is 4.98. The highest BCUT2D eigenvalue weighted by atomic mass is 32.1. The molecule has 100 valence electrons. The van der Waals surface area contributed by atoms with Crippen LogP contribution in [0.1, 0.15) is 40.1 Å². The lowest BCUT2D eigenvalue weighted by molar-refractivity contribution is 0.160. The van der Waals surface area contributed by atoms with E-state index in [2.05, 4.69) is 4.98 Å². The van der Waals surface area contributed by atoms with Crippen LogP contribution in [0, 0.1) is 11.6 Å². The first-order valence-electron chi connectivity index (χ1n) is 6.24. The van der Waals surface area contributed by atoms with E-state index in [-0.39, 0.29) is 0 Å². The summed E-state index contributed by atoms with van der Waals surface area (Å²) in [6.45, 7) is 0. The van der Waals surface area contributed by atoms with Crippen molar-refractivity contribution in [2.75, 3.05) is 0 Å². The Morgan fingerprint density at radius 3 is 2.95 bits per heavy atom. The Kier molecular flexibility index (Phi) is 3.33. The number of thiazole rings is 1. The molecule has 0 saturated heterocycles. The van der Waals surface area contributed by atoms with Crippen LogP contribution in [-0.2, 0) is 12.8 Å². The van der Waals surface area contributed by atoms with Crippen molar-refractivity contribution in [2.24, 2.45) is 0 Å². The normalized spacial score (nSPS) is 18.4. The molecule has 19 heavy (non-hydrogen) atoms. The van der Waals surface area contributed by atoms with Gasteiger partial charge in [0.25, 0.3) is 0 Å². The Hall–Kier alpha value is -1.33. The van der Waals surface area contributed by atoms with Crippen LogP contribution in [0.3, 0.4) is 0 Å². The van der Waals surface area contributed by atoms with Gasteiger partial charge in [-0.3, -0.25) is 0 Å². The van der Waals surface area contributed by atoms with Crippen molar-refractivity contribution in [3.05, 3.63) is 51.0 Å². The summed E-state index contributed by atoms with van der Waals surface area (Å²) in [6, 6.07) is 3.58. The summed E-state index contributed by atoms with van der Waals surface area (Å²) in [5.41, 5.74) is 1.36. The maximum Gasteiger partial charge on any atom is 0.129 e. The van der Waals surface area contributed by atoms with Gasteiger partial charge in [-0.1, -0.05) is 6.07 Å². The van der Waals surface area contributed by atoms with Crippen molar-refractivity contribution in [1.29, 1.82) is 0 Å². The number of rotatable bonds is 2. The molecule has 1 aromatic heterocycles. The molecule has 2 nitrogen and oxygen atoms in total. The summed E-state index contributed by atoms with van der Waals surface area (Å²) in [7, 11) is 0.